The summed E-state index contributed by atoms with van der Waals surface area (Å²) in [6, 6.07) is 0. The summed E-state index contributed by atoms with van der Waals surface area (Å²) in [5, 5.41) is 0. The Morgan fingerprint density at radius 2 is 1.73 bits per heavy atom. The average molecular weight is 241 g/mol. The van der Waals surface area contributed by atoms with Crippen LogP contribution in [0.15, 0.2) is 0 Å². The van der Waals surface area contributed by atoms with Crippen molar-refractivity contribution in [1.29, 1.82) is 0 Å². The van der Waals surface area contributed by atoms with Crippen molar-refractivity contribution in [2.45, 2.75) is 37.6 Å². The zero-order valence-electron chi connectivity index (χ0n) is 8.72. The summed E-state index contributed by atoms with van der Waals surface area (Å²) in [6.07, 6.45) is 5.15. The number of nitrogens with two attached hydrogens (primary N) is 1. The molecule has 0 bridgehead atoms. The van der Waals surface area contributed by atoms with Gasteiger partial charge >= 0.3 is 5.51 Å². The van der Waals surface area contributed by atoms with Crippen LogP contribution in [0.2, 0.25) is 0 Å². The Balaban J connectivity index is 2.23. The number of alkyl halides is 3. The van der Waals surface area contributed by atoms with Gasteiger partial charge in [-0.05, 0) is 31.2 Å². The smallest absolute Gasteiger partial charge is 0.330 e. The normalized spacial score (nSPS) is 28.0. The summed E-state index contributed by atoms with van der Waals surface area (Å²) in [4.78, 5) is 0. The third kappa shape index (κ3) is 5.11. The van der Waals surface area contributed by atoms with Gasteiger partial charge in [0.2, 0.25) is 0 Å². The molecule has 0 spiro atoms. The Hall–Kier alpha value is 0.100. The minimum Gasteiger partial charge on any atom is -0.330 e. The second-order valence-corrected chi connectivity index (χ2v) is 5.28. The second kappa shape index (κ2) is 5.99. The lowest BCUT2D eigenvalue weighted by Gasteiger charge is -2.30. The molecule has 0 aromatic rings. The van der Waals surface area contributed by atoms with Crippen LogP contribution >= 0.6 is 11.8 Å². The number of rotatable bonds is 4. The quantitative estimate of drug-likeness (QED) is 0.816. The maximum Gasteiger partial charge on any atom is 0.441 e. The highest BCUT2D eigenvalue weighted by atomic mass is 32.2. The molecule has 1 aliphatic carbocycles. The van der Waals surface area contributed by atoms with E-state index in [2.05, 4.69) is 0 Å². The standard InChI is InChI=1S/C10H18F3NS/c11-10(12,13)15-6-5-8-3-1-2-4-9(8)7-14/h8-9H,1-7,14H2. The fourth-order valence-corrected chi connectivity index (χ4v) is 2.95. The Morgan fingerprint density at radius 1 is 1.13 bits per heavy atom. The summed E-state index contributed by atoms with van der Waals surface area (Å²) in [5.41, 5.74) is 1.55. The van der Waals surface area contributed by atoms with Crippen LogP contribution in [-0.4, -0.2) is 17.8 Å². The molecular weight excluding hydrogens is 223 g/mol. The molecule has 1 aliphatic rings. The monoisotopic (exact) mass is 241 g/mol. The first-order chi connectivity index (χ1) is 7.03. The largest absolute Gasteiger partial charge is 0.441 e. The van der Waals surface area contributed by atoms with E-state index in [1.807, 2.05) is 0 Å². The first-order valence-corrected chi connectivity index (χ1v) is 6.42. The van der Waals surface area contributed by atoms with Crippen LogP contribution in [0.4, 0.5) is 13.2 Å². The third-order valence-electron chi connectivity index (χ3n) is 3.12. The summed E-state index contributed by atoms with van der Waals surface area (Å²) in [6.45, 7) is 0.626. The van der Waals surface area contributed by atoms with E-state index in [9.17, 15) is 13.2 Å². The van der Waals surface area contributed by atoms with Crippen LogP contribution in [0, 0.1) is 11.8 Å². The first kappa shape index (κ1) is 13.2. The Labute approximate surface area is 93.0 Å². The van der Waals surface area contributed by atoms with E-state index in [0.29, 0.717) is 24.8 Å². The number of thioether (sulfide) groups is 1. The van der Waals surface area contributed by atoms with E-state index in [4.69, 9.17) is 5.73 Å². The van der Waals surface area contributed by atoms with Gasteiger partial charge in [0.25, 0.3) is 0 Å². The van der Waals surface area contributed by atoms with Crippen molar-refractivity contribution in [2.75, 3.05) is 12.3 Å². The third-order valence-corrected chi connectivity index (χ3v) is 3.89. The molecule has 2 unspecified atom stereocenters. The maximum absolute atomic E-state index is 11.9. The summed E-state index contributed by atoms with van der Waals surface area (Å²) in [5.74, 6) is 1.05. The molecule has 0 aromatic heterocycles. The van der Waals surface area contributed by atoms with Crippen molar-refractivity contribution < 1.29 is 13.2 Å². The highest BCUT2D eigenvalue weighted by Gasteiger charge is 2.29. The van der Waals surface area contributed by atoms with Gasteiger partial charge in [0, 0.05) is 5.75 Å². The molecule has 0 radical (unpaired) electrons. The molecule has 1 rings (SSSR count). The van der Waals surface area contributed by atoms with Crippen molar-refractivity contribution in [3.8, 4) is 0 Å². The van der Waals surface area contributed by atoms with Crippen LogP contribution in [0.1, 0.15) is 32.1 Å². The Bertz CT molecular complexity index is 184. The van der Waals surface area contributed by atoms with E-state index in [1.165, 1.54) is 6.42 Å². The highest BCUT2D eigenvalue weighted by Crippen LogP contribution is 2.36. The molecule has 5 heteroatoms. The summed E-state index contributed by atoms with van der Waals surface area (Å²) in [7, 11) is 0. The van der Waals surface area contributed by atoms with Crippen LogP contribution in [0.3, 0.4) is 0 Å². The van der Waals surface area contributed by atoms with Crippen molar-refractivity contribution in [1.82, 2.24) is 0 Å². The molecule has 15 heavy (non-hydrogen) atoms. The van der Waals surface area contributed by atoms with Crippen LogP contribution in [-0.2, 0) is 0 Å². The van der Waals surface area contributed by atoms with Gasteiger partial charge in [-0.25, -0.2) is 0 Å². The van der Waals surface area contributed by atoms with Gasteiger partial charge in [-0.1, -0.05) is 31.0 Å². The fourth-order valence-electron chi connectivity index (χ4n) is 2.30. The minimum atomic E-state index is -4.08. The van der Waals surface area contributed by atoms with E-state index in [1.54, 1.807) is 0 Å². The molecule has 1 fully saturated rings. The number of hydrogen-bond donors (Lipinski definition) is 1. The molecule has 0 heterocycles. The highest BCUT2D eigenvalue weighted by molar-refractivity contribution is 8.00. The van der Waals surface area contributed by atoms with E-state index >= 15 is 0 Å². The molecule has 90 valence electrons. The molecule has 2 atom stereocenters. The van der Waals surface area contributed by atoms with Crippen molar-refractivity contribution in [3.63, 3.8) is 0 Å². The van der Waals surface area contributed by atoms with Gasteiger partial charge in [0.1, 0.15) is 0 Å². The lowest BCUT2D eigenvalue weighted by molar-refractivity contribution is -0.0328. The van der Waals surface area contributed by atoms with E-state index < -0.39 is 5.51 Å². The van der Waals surface area contributed by atoms with Crippen LogP contribution in [0.25, 0.3) is 0 Å². The summed E-state index contributed by atoms with van der Waals surface area (Å²) >= 11 is 0.0989. The van der Waals surface area contributed by atoms with Crippen molar-refractivity contribution in [3.05, 3.63) is 0 Å². The second-order valence-electron chi connectivity index (χ2n) is 4.12. The van der Waals surface area contributed by atoms with E-state index in [0.717, 1.165) is 19.3 Å². The van der Waals surface area contributed by atoms with Gasteiger partial charge in [-0.15, -0.1) is 0 Å². The Morgan fingerprint density at radius 3 is 2.27 bits per heavy atom. The molecule has 0 amide bonds. The lowest BCUT2D eigenvalue weighted by Crippen LogP contribution is -2.27. The van der Waals surface area contributed by atoms with Gasteiger partial charge < -0.3 is 5.73 Å². The van der Waals surface area contributed by atoms with Crippen LogP contribution in [0.5, 0.6) is 0 Å². The molecule has 0 aliphatic heterocycles. The van der Waals surface area contributed by atoms with E-state index in [-0.39, 0.29) is 17.5 Å². The van der Waals surface area contributed by atoms with Crippen molar-refractivity contribution in [2.24, 2.45) is 17.6 Å². The minimum absolute atomic E-state index is 0.0989. The maximum atomic E-state index is 11.9. The number of hydrogen-bond acceptors (Lipinski definition) is 2. The number of halogens is 3. The predicted octanol–water partition coefficient (Wildman–Crippen LogP) is 3.39. The molecule has 2 N–H and O–H groups in total. The first-order valence-electron chi connectivity index (χ1n) is 5.43. The predicted molar refractivity (Wildman–Crippen MR) is 57.6 cm³/mol. The van der Waals surface area contributed by atoms with Crippen LogP contribution < -0.4 is 5.73 Å². The van der Waals surface area contributed by atoms with Gasteiger partial charge in [0.05, 0.1) is 0 Å². The molecular formula is C10H18F3NS. The van der Waals surface area contributed by atoms with Crippen molar-refractivity contribution >= 4 is 11.8 Å². The SMILES string of the molecule is NCC1CCCCC1CCSC(F)(F)F. The molecule has 0 aromatic carbocycles. The van der Waals surface area contributed by atoms with Gasteiger partial charge in [0.15, 0.2) is 0 Å². The zero-order chi connectivity index (χ0) is 11.3. The lowest BCUT2D eigenvalue weighted by atomic mass is 9.78. The zero-order valence-corrected chi connectivity index (χ0v) is 9.54. The molecule has 1 nitrogen and oxygen atoms in total. The van der Waals surface area contributed by atoms with Gasteiger partial charge in [-0.3, -0.25) is 0 Å². The fraction of sp³-hybridized carbons (Fsp3) is 1.00. The Kier molecular flexibility index (Phi) is 5.26. The molecule has 1 saturated carbocycles. The molecule has 0 saturated heterocycles. The summed E-state index contributed by atoms with van der Waals surface area (Å²) < 4.78 is 35.8. The average Bonchev–Trinajstić information content (AvgIpc) is 2.16. The topological polar surface area (TPSA) is 26.0 Å². The van der Waals surface area contributed by atoms with Gasteiger partial charge in [-0.2, -0.15) is 13.2 Å².